The number of amides is 2. The molecule has 20 heavy (non-hydrogen) atoms. The van der Waals surface area contributed by atoms with Gasteiger partial charge in [-0.15, -0.1) is 0 Å². The van der Waals surface area contributed by atoms with Gasteiger partial charge in [-0.3, -0.25) is 4.79 Å². The zero-order valence-electron chi connectivity index (χ0n) is 10.6. The zero-order valence-corrected chi connectivity index (χ0v) is 12.1. The summed E-state index contributed by atoms with van der Waals surface area (Å²) in [4.78, 5) is 24.6. The first kappa shape index (κ1) is 14.9. The number of carboxylic acid groups (broad SMARTS) is 1. The molecule has 2 N–H and O–H groups in total. The van der Waals surface area contributed by atoms with Crippen LogP contribution < -0.4 is 5.32 Å². The molecule has 108 valence electrons. The van der Waals surface area contributed by atoms with Gasteiger partial charge in [0.25, 0.3) is 0 Å². The predicted octanol–water partition coefficient (Wildman–Crippen LogP) is 3.32. The van der Waals surface area contributed by atoms with Gasteiger partial charge in [-0.2, -0.15) is 0 Å². The molecule has 1 saturated heterocycles. The van der Waals surface area contributed by atoms with Crippen molar-refractivity contribution in [2.45, 2.75) is 12.8 Å². The maximum atomic E-state index is 12.1. The minimum Gasteiger partial charge on any atom is -0.481 e. The highest BCUT2D eigenvalue weighted by molar-refractivity contribution is 6.43. The van der Waals surface area contributed by atoms with Crippen LogP contribution in [0.1, 0.15) is 12.8 Å². The van der Waals surface area contributed by atoms with Gasteiger partial charge in [0.05, 0.1) is 21.7 Å². The number of carbonyl (C=O) groups excluding carboxylic acids is 1. The number of rotatable bonds is 2. The topological polar surface area (TPSA) is 69.6 Å². The lowest BCUT2D eigenvalue weighted by molar-refractivity contribution is -0.143. The highest BCUT2D eigenvalue weighted by Gasteiger charge is 2.28. The molecule has 0 aliphatic carbocycles. The van der Waals surface area contributed by atoms with Crippen LogP contribution in [0.3, 0.4) is 0 Å². The monoisotopic (exact) mass is 316 g/mol. The van der Waals surface area contributed by atoms with E-state index in [0.717, 1.165) is 0 Å². The summed E-state index contributed by atoms with van der Waals surface area (Å²) >= 11 is 11.9. The lowest BCUT2D eigenvalue weighted by Crippen LogP contribution is -2.44. The van der Waals surface area contributed by atoms with E-state index in [1.165, 1.54) is 4.90 Å². The number of nitrogens with one attached hydrogen (secondary N) is 1. The molecule has 5 nitrogen and oxygen atoms in total. The van der Waals surface area contributed by atoms with E-state index in [2.05, 4.69) is 5.32 Å². The summed E-state index contributed by atoms with van der Waals surface area (Å²) in [5.74, 6) is -1.38. The number of benzene rings is 1. The molecule has 0 bridgehead atoms. The van der Waals surface area contributed by atoms with Crippen molar-refractivity contribution in [2.24, 2.45) is 5.92 Å². The van der Waals surface area contributed by atoms with Crippen molar-refractivity contribution in [2.75, 3.05) is 18.4 Å². The number of urea groups is 1. The molecular weight excluding hydrogens is 303 g/mol. The predicted molar refractivity (Wildman–Crippen MR) is 77.4 cm³/mol. The third-order valence-electron chi connectivity index (χ3n) is 3.25. The molecule has 0 radical (unpaired) electrons. The van der Waals surface area contributed by atoms with Crippen LogP contribution in [-0.2, 0) is 4.79 Å². The molecule has 7 heteroatoms. The summed E-state index contributed by atoms with van der Waals surface area (Å²) in [6, 6.07) is 4.59. The number of hydrogen-bond acceptors (Lipinski definition) is 2. The average Bonchev–Trinajstić information content (AvgIpc) is 2.44. The van der Waals surface area contributed by atoms with Crippen LogP contribution in [-0.4, -0.2) is 35.1 Å². The van der Waals surface area contributed by atoms with Gasteiger partial charge in [0.2, 0.25) is 0 Å². The fourth-order valence-corrected chi connectivity index (χ4v) is 2.51. The van der Waals surface area contributed by atoms with Crippen LogP contribution in [0.25, 0.3) is 0 Å². The molecule has 1 aromatic carbocycles. The number of carbonyl (C=O) groups is 2. The summed E-state index contributed by atoms with van der Waals surface area (Å²) in [6.07, 6.45) is 1.27. The van der Waals surface area contributed by atoms with Gasteiger partial charge in [0.1, 0.15) is 0 Å². The van der Waals surface area contributed by atoms with Gasteiger partial charge in [-0.05, 0) is 25.0 Å². The zero-order chi connectivity index (χ0) is 14.7. The smallest absolute Gasteiger partial charge is 0.321 e. The van der Waals surface area contributed by atoms with E-state index in [0.29, 0.717) is 30.1 Å². The number of anilines is 1. The fraction of sp³-hybridized carbons (Fsp3) is 0.385. The minimum absolute atomic E-state index is 0.208. The van der Waals surface area contributed by atoms with Crippen molar-refractivity contribution in [3.63, 3.8) is 0 Å². The maximum Gasteiger partial charge on any atom is 0.321 e. The molecule has 1 aromatic rings. The Labute approximate surface area is 126 Å². The first-order valence-electron chi connectivity index (χ1n) is 6.22. The Bertz CT molecular complexity index is 536. The van der Waals surface area contributed by atoms with Gasteiger partial charge >= 0.3 is 12.0 Å². The number of likely N-dealkylation sites (tertiary alicyclic amines) is 1. The highest BCUT2D eigenvalue weighted by atomic mass is 35.5. The normalized spacial score (nSPS) is 18.7. The third kappa shape index (κ3) is 3.35. The second-order valence-corrected chi connectivity index (χ2v) is 5.44. The molecule has 0 spiro atoms. The minimum atomic E-state index is -0.872. The van der Waals surface area contributed by atoms with Crippen LogP contribution in [0.5, 0.6) is 0 Å². The first-order valence-corrected chi connectivity index (χ1v) is 6.97. The van der Waals surface area contributed by atoms with Crippen molar-refractivity contribution in [1.82, 2.24) is 4.90 Å². The van der Waals surface area contributed by atoms with Crippen LogP contribution in [0, 0.1) is 5.92 Å². The standard InChI is InChI=1S/C13H14Cl2N2O3/c14-9-4-1-5-10(11(9)15)16-13(20)17-6-2-3-8(7-17)12(18)19/h1,4-5,8H,2-3,6-7H2,(H,16,20)(H,18,19)/t8-/m1/s1. The van der Waals surface area contributed by atoms with E-state index < -0.39 is 11.9 Å². The number of carboxylic acids is 1. The molecule has 1 heterocycles. The molecule has 0 unspecified atom stereocenters. The molecule has 1 aliphatic heterocycles. The molecule has 1 fully saturated rings. The van der Waals surface area contributed by atoms with Gasteiger partial charge < -0.3 is 15.3 Å². The first-order chi connectivity index (χ1) is 9.49. The second-order valence-electron chi connectivity index (χ2n) is 4.65. The Morgan fingerprint density at radius 3 is 2.80 bits per heavy atom. The van der Waals surface area contributed by atoms with Crippen LogP contribution >= 0.6 is 23.2 Å². The van der Waals surface area contributed by atoms with Crippen LogP contribution in [0.2, 0.25) is 10.0 Å². The van der Waals surface area contributed by atoms with E-state index in [1.54, 1.807) is 18.2 Å². The molecule has 2 amide bonds. The van der Waals surface area contributed by atoms with E-state index >= 15 is 0 Å². The SMILES string of the molecule is O=C(O)[C@@H]1CCCN(C(=O)Nc2cccc(Cl)c2Cl)C1. The quantitative estimate of drug-likeness (QED) is 0.879. The Balaban J connectivity index is 2.04. The summed E-state index contributed by atoms with van der Waals surface area (Å²) in [6.45, 7) is 0.743. The van der Waals surface area contributed by atoms with E-state index in [9.17, 15) is 9.59 Å². The lowest BCUT2D eigenvalue weighted by Gasteiger charge is -2.30. The molecule has 1 aliphatic rings. The average molecular weight is 317 g/mol. The summed E-state index contributed by atoms with van der Waals surface area (Å²) in [7, 11) is 0. The van der Waals surface area contributed by atoms with E-state index in [-0.39, 0.29) is 17.6 Å². The lowest BCUT2D eigenvalue weighted by atomic mass is 9.99. The molecule has 0 saturated carbocycles. The summed E-state index contributed by atoms with van der Waals surface area (Å²) in [5, 5.41) is 12.3. The molecular formula is C13H14Cl2N2O3. The van der Waals surface area contributed by atoms with Crippen molar-refractivity contribution in [1.29, 1.82) is 0 Å². The Morgan fingerprint density at radius 1 is 1.35 bits per heavy atom. The maximum absolute atomic E-state index is 12.1. The van der Waals surface area contributed by atoms with Crippen LogP contribution in [0.15, 0.2) is 18.2 Å². The second kappa shape index (κ2) is 6.33. The van der Waals surface area contributed by atoms with Gasteiger partial charge in [0, 0.05) is 13.1 Å². The van der Waals surface area contributed by atoms with Crippen molar-refractivity contribution in [3.05, 3.63) is 28.2 Å². The Hall–Kier alpha value is -1.46. The van der Waals surface area contributed by atoms with Crippen molar-refractivity contribution in [3.8, 4) is 0 Å². The third-order valence-corrected chi connectivity index (χ3v) is 4.07. The number of nitrogens with zero attached hydrogens (tertiary/aromatic N) is 1. The van der Waals surface area contributed by atoms with Crippen molar-refractivity contribution < 1.29 is 14.7 Å². The van der Waals surface area contributed by atoms with E-state index in [4.69, 9.17) is 28.3 Å². The fourth-order valence-electron chi connectivity index (χ4n) is 2.16. The summed E-state index contributed by atoms with van der Waals surface area (Å²) < 4.78 is 0. The van der Waals surface area contributed by atoms with Gasteiger partial charge in [-0.1, -0.05) is 29.3 Å². The van der Waals surface area contributed by atoms with Gasteiger partial charge in [0.15, 0.2) is 0 Å². The molecule has 0 aromatic heterocycles. The number of halogens is 2. The van der Waals surface area contributed by atoms with Crippen LogP contribution in [0.4, 0.5) is 10.5 Å². The molecule has 2 rings (SSSR count). The number of aliphatic carboxylic acids is 1. The summed E-state index contributed by atoms with van der Waals surface area (Å²) in [5.41, 5.74) is 0.418. The largest absolute Gasteiger partial charge is 0.481 e. The van der Waals surface area contributed by atoms with E-state index in [1.807, 2.05) is 0 Å². The van der Waals surface area contributed by atoms with Gasteiger partial charge in [-0.25, -0.2) is 4.79 Å². The van der Waals surface area contributed by atoms with Crippen molar-refractivity contribution >= 4 is 40.9 Å². The number of hydrogen-bond donors (Lipinski definition) is 2. The molecule has 1 atom stereocenters. The highest BCUT2D eigenvalue weighted by Crippen LogP contribution is 2.30. The Kier molecular flexibility index (Phi) is 4.73. The Morgan fingerprint density at radius 2 is 2.10 bits per heavy atom. The number of piperidine rings is 1.